The summed E-state index contributed by atoms with van der Waals surface area (Å²) in [5.74, 6) is 0. The van der Waals surface area contributed by atoms with Gasteiger partial charge in [0.2, 0.25) is 0 Å². The summed E-state index contributed by atoms with van der Waals surface area (Å²) in [5, 5.41) is 2.48. The summed E-state index contributed by atoms with van der Waals surface area (Å²) in [6, 6.07) is 68.2. The maximum Gasteiger partial charge on any atom is 0.0602 e. The lowest BCUT2D eigenvalue weighted by Gasteiger charge is -2.34. The first-order valence-corrected chi connectivity index (χ1v) is 17.2. The van der Waals surface area contributed by atoms with Crippen LogP contribution in [0.15, 0.2) is 198 Å². The van der Waals surface area contributed by atoms with Crippen LogP contribution < -0.4 is 4.90 Å². The summed E-state index contributed by atoms with van der Waals surface area (Å²) < 4.78 is 0. The quantitative estimate of drug-likeness (QED) is 0.186. The van der Waals surface area contributed by atoms with Gasteiger partial charge in [0, 0.05) is 15.2 Å². The minimum atomic E-state index is 1.19. The second kappa shape index (κ2) is 12.1. The van der Waals surface area contributed by atoms with E-state index < -0.39 is 0 Å². The predicted octanol–water partition coefficient (Wildman–Crippen LogP) is 13.4. The van der Waals surface area contributed by atoms with Crippen LogP contribution in [-0.2, 0) is 0 Å². The number of hydrogen-bond donors (Lipinski definition) is 0. The fourth-order valence-corrected chi connectivity index (χ4v) is 7.94. The number of nitrogens with zero attached hydrogens (tertiary/aromatic N) is 1. The number of anilines is 3. The molecule has 0 saturated carbocycles. The number of rotatable bonds is 5. The van der Waals surface area contributed by atoms with Crippen LogP contribution in [0.2, 0.25) is 0 Å². The summed E-state index contributed by atoms with van der Waals surface area (Å²) >= 11 is 1.86. The summed E-state index contributed by atoms with van der Waals surface area (Å²) in [5.41, 5.74) is 13.4. The van der Waals surface area contributed by atoms with Crippen molar-refractivity contribution in [2.45, 2.75) is 9.79 Å². The van der Waals surface area contributed by atoms with E-state index in [9.17, 15) is 0 Å². The standard InChI is InChI=1S/C46H31NS/c1-3-10-32(11-4-1)34-18-22-36(23-19-34)39-26-28-43-45(30-39)48-46-31-40(37-24-20-35(21-25-37)33-12-5-2-6-13-33)27-29-44(46)47(43)42-17-9-15-38-14-7-8-16-41(38)42/h1-31H. The summed E-state index contributed by atoms with van der Waals surface area (Å²) in [7, 11) is 0. The van der Waals surface area contributed by atoms with Crippen LogP contribution in [0.1, 0.15) is 0 Å². The molecule has 226 valence electrons. The molecule has 0 spiro atoms. The molecule has 0 fully saturated rings. The average Bonchev–Trinajstić information content (AvgIpc) is 3.17. The summed E-state index contributed by atoms with van der Waals surface area (Å²) in [6.45, 7) is 0. The summed E-state index contributed by atoms with van der Waals surface area (Å²) in [6.07, 6.45) is 0. The zero-order chi connectivity index (χ0) is 31.9. The summed E-state index contributed by atoms with van der Waals surface area (Å²) in [4.78, 5) is 4.95. The van der Waals surface area contributed by atoms with Gasteiger partial charge in [0.15, 0.2) is 0 Å². The molecule has 0 unspecified atom stereocenters. The lowest BCUT2D eigenvalue weighted by molar-refractivity contribution is 1.17. The van der Waals surface area contributed by atoms with Gasteiger partial charge in [-0.3, -0.25) is 0 Å². The van der Waals surface area contributed by atoms with Crippen molar-refractivity contribution in [3.05, 3.63) is 188 Å². The van der Waals surface area contributed by atoms with E-state index in [-0.39, 0.29) is 0 Å². The molecule has 8 aromatic carbocycles. The third-order valence-corrected chi connectivity index (χ3v) is 10.4. The van der Waals surface area contributed by atoms with Crippen LogP contribution in [0.4, 0.5) is 17.1 Å². The van der Waals surface area contributed by atoms with Crippen molar-refractivity contribution in [2.75, 3.05) is 4.90 Å². The third kappa shape index (κ3) is 5.17. The minimum Gasteiger partial charge on any atom is -0.308 e. The topological polar surface area (TPSA) is 3.24 Å². The molecule has 8 aromatic rings. The van der Waals surface area contributed by atoms with Crippen molar-refractivity contribution in [2.24, 2.45) is 0 Å². The predicted molar refractivity (Wildman–Crippen MR) is 204 cm³/mol. The molecular weight excluding hydrogens is 599 g/mol. The highest BCUT2D eigenvalue weighted by atomic mass is 32.2. The van der Waals surface area contributed by atoms with E-state index in [1.165, 1.54) is 82.1 Å². The molecule has 48 heavy (non-hydrogen) atoms. The van der Waals surface area contributed by atoms with Crippen molar-refractivity contribution in [3.63, 3.8) is 0 Å². The van der Waals surface area contributed by atoms with Crippen molar-refractivity contribution in [3.8, 4) is 44.5 Å². The van der Waals surface area contributed by atoms with Gasteiger partial charge in [-0.1, -0.05) is 169 Å². The first-order valence-electron chi connectivity index (χ1n) is 16.3. The second-order valence-corrected chi connectivity index (χ2v) is 13.3. The Morgan fingerprint density at radius 1 is 0.292 bits per heavy atom. The van der Waals surface area contributed by atoms with E-state index >= 15 is 0 Å². The normalized spacial score (nSPS) is 12.0. The fourth-order valence-electron chi connectivity index (χ4n) is 6.80. The Bertz CT molecular complexity index is 2260. The van der Waals surface area contributed by atoms with E-state index in [1.54, 1.807) is 0 Å². The van der Waals surface area contributed by atoms with Crippen LogP contribution in [0, 0.1) is 0 Å². The molecule has 0 aliphatic carbocycles. The first kappa shape index (κ1) is 28.4. The zero-order valence-electron chi connectivity index (χ0n) is 26.3. The maximum absolute atomic E-state index is 2.45. The van der Waals surface area contributed by atoms with Crippen molar-refractivity contribution < 1.29 is 0 Å². The van der Waals surface area contributed by atoms with Crippen LogP contribution in [-0.4, -0.2) is 0 Å². The van der Waals surface area contributed by atoms with E-state index in [1.807, 2.05) is 11.8 Å². The lowest BCUT2D eigenvalue weighted by atomic mass is 9.99. The molecule has 1 aliphatic heterocycles. The monoisotopic (exact) mass is 629 g/mol. The Morgan fingerprint density at radius 3 is 1.21 bits per heavy atom. The van der Waals surface area contributed by atoms with Gasteiger partial charge in [0.25, 0.3) is 0 Å². The Kier molecular flexibility index (Phi) is 7.14. The van der Waals surface area contributed by atoms with Gasteiger partial charge in [-0.15, -0.1) is 0 Å². The smallest absolute Gasteiger partial charge is 0.0602 e. The highest BCUT2D eigenvalue weighted by Gasteiger charge is 2.27. The first-order chi connectivity index (χ1) is 23.8. The molecular formula is C46H31NS. The van der Waals surface area contributed by atoms with Crippen LogP contribution in [0.5, 0.6) is 0 Å². The molecule has 1 nitrogen and oxygen atoms in total. The van der Waals surface area contributed by atoms with E-state index in [0.717, 1.165) is 0 Å². The zero-order valence-corrected chi connectivity index (χ0v) is 27.1. The molecule has 1 heterocycles. The van der Waals surface area contributed by atoms with Crippen LogP contribution >= 0.6 is 11.8 Å². The molecule has 2 heteroatoms. The molecule has 0 bridgehead atoms. The van der Waals surface area contributed by atoms with E-state index in [0.29, 0.717) is 0 Å². The van der Waals surface area contributed by atoms with Gasteiger partial charge < -0.3 is 4.90 Å². The Hall–Kier alpha value is -5.83. The highest BCUT2D eigenvalue weighted by Crippen LogP contribution is 2.54. The minimum absolute atomic E-state index is 1.19. The lowest BCUT2D eigenvalue weighted by Crippen LogP contribution is -2.15. The Morgan fingerprint density at radius 2 is 0.688 bits per heavy atom. The fraction of sp³-hybridized carbons (Fsp3) is 0. The molecule has 0 radical (unpaired) electrons. The second-order valence-electron chi connectivity index (χ2n) is 12.2. The highest BCUT2D eigenvalue weighted by molar-refractivity contribution is 7.99. The molecule has 0 N–H and O–H groups in total. The third-order valence-electron chi connectivity index (χ3n) is 9.28. The van der Waals surface area contributed by atoms with Gasteiger partial charge in [0.1, 0.15) is 0 Å². The van der Waals surface area contributed by atoms with Crippen LogP contribution in [0.3, 0.4) is 0 Å². The van der Waals surface area contributed by atoms with E-state index in [2.05, 4.69) is 193 Å². The molecule has 0 aromatic heterocycles. The average molecular weight is 630 g/mol. The van der Waals surface area contributed by atoms with Crippen molar-refractivity contribution in [1.82, 2.24) is 0 Å². The van der Waals surface area contributed by atoms with Gasteiger partial charge in [-0.2, -0.15) is 0 Å². The molecule has 0 amide bonds. The number of benzene rings is 8. The van der Waals surface area contributed by atoms with Gasteiger partial charge in [0.05, 0.1) is 17.1 Å². The molecule has 1 aliphatic rings. The SMILES string of the molecule is c1ccc(-c2ccc(-c3ccc4c(c3)Sc3cc(-c5ccc(-c6ccccc6)cc5)ccc3N4c3cccc4ccccc34)cc2)cc1. The molecule has 9 rings (SSSR count). The van der Waals surface area contributed by atoms with Gasteiger partial charge in [-0.25, -0.2) is 0 Å². The van der Waals surface area contributed by atoms with Gasteiger partial charge in [-0.05, 0) is 80.2 Å². The van der Waals surface area contributed by atoms with Gasteiger partial charge >= 0.3 is 0 Å². The maximum atomic E-state index is 2.45. The Balaban J connectivity index is 1.14. The molecule has 0 saturated heterocycles. The molecule has 0 atom stereocenters. The largest absolute Gasteiger partial charge is 0.308 e. The van der Waals surface area contributed by atoms with E-state index in [4.69, 9.17) is 0 Å². The van der Waals surface area contributed by atoms with Crippen LogP contribution in [0.25, 0.3) is 55.3 Å². The Labute approximate surface area is 285 Å². The number of fused-ring (bicyclic) bond motifs is 3. The van der Waals surface area contributed by atoms with Crippen molar-refractivity contribution >= 4 is 39.6 Å². The van der Waals surface area contributed by atoms with Crippen molar-refractivity contribution in [1.29, 1.82) is 0 Å². The number of hydrogen-bond acceptors (Lipinski definition) is 2.